The lowest BCUT2D eigenvalue weighted by Gasteiger charge is -2.02. The van der Waals surface area contributed by atoms with Gasteiger partial charge in [-0.05, 0) is 19.8 Å². The second kappa shape index (κ2) is 6.53. The Bertz CT molecular complexity index is 105. The fourth-order valence-corrected chi connectivity index (χ4v) is 0.923. The zero-order chi connectivity index (χ0) is 7.82. The van der Waals surface area contributed by atoms with Gasteiger partial charge in [-0.15, -0.1) is 0 Å². The molecule has 0 rings (SSSR count). The van der Waals surface area contributed by atoms with Crippen LogP contribution in [0.4, 0.5) is 0 Å². The molecule has 1 atom stereocenters. The van der Waals surface area contributed by atoms with Crippen LogP contribution < -0.4 is 0 Å². The number of hydrogen-bond donors (Lipinski definition) is 0. The molecule has 0 saturated heterocycles. The van der Waals surface area contributed by atoms with Crippen LogP contribution in [-0.2, 0) is 4.79 Å². The van der Waals surface area contributed by atoms with Crippen molar-refractivity contribution < 1.29 is 4.79 Å². The Morgan fingerprint density at radius 3 is 2.60 bits per heavy atom. The van der Waals surface area contributed by atoms with Crippen molar-refractivity contribution in [3.05, 3.63) is 12.2 Å². The number of carbonyl (C=O) groups is 1. The Morgan fingerprint density at radius 2 is 2.20 bits per heavy atom. The normalized spacial score (nSPS) is 13.8. The van der Waals surface area contributed by atoms with Crippen LogP contribution in [-0.4, -0.2) is 6.29 Å². The lowest BCUT2D eigenvalue weighted by Crippen LogP contribution is -1.98. The predicted molar refractivity (Wildman–Crippen MR) is 43.9 cm³/mol. The molecule has 0 aliphatic heterocycles. The van der Waals surface area contributed by atoms with E-state index >= 15 is 0 Å². The maximum Gasteiger partial charge on any atom is 0.123 e. The van der Waals surface area contributed by atoms with Crippen molar-refractivity contribution in [1.29, 1.82) is 0 Å². The summed E-state index contributed by atoms with van der Waals surface area (Å²) in [6, 6.07) is 0. The molecule has 1 heteroatoms. The second-order valence-corrected chi connectivity index (χ2v) is 2.49. The highest BCUT2D eigenvalue weighted by Crippen LogP contribution is 2.08. The van der Waals surface area contributed by atoms with Crippen molar-refractivity contribution in [2.75, 3.05) is 0 Å². The van der Waals surface area contributed by atoms with Crippen molar-refractivity contribution in [1.82, 2.24) is 0 Å². The summed E-state index contributed by atoms with van der Waals surface area (Å²) in [4.78, 5) is 10.4. The van der Waals surface area contributed by atoms with Crippen molar-refractivity contribution in [2.24, 2.45) is 5.92 Å². The van der Waals surface area contributed by atoms with Crippen molar-refractivity contribution in [2.45, 2.75) is 33.1 Å². The minimum Gasteiger partial charge on any atom is -0.303 e. The van der Waals surface area contributed by atoms with E-state index in [9.17, 15) is 4.79 Å². The fourth-order valence-electron chi connectivity index (χ4n) is 0.923. The minimum absolute atomic E-state index is 0.251. The predicted octanol–water partition coefficient (Wildman–Crippen LogP) is 2.57. The molecule has 0 saturated carbocycles. The maximum absolute atomic E-state index is 10.4. The van der Waals surface area contributed by atoms with Crippen molar-refractivity contribution in [3.8, 4) is 0 Å². The Labute approximate surface area is 63.1 Å². The Balaban J connectivity index is 3.49. The van der Waals surface area contributed by atoms with E-state index in [1.165, 1.54) is 0 Å². The summed E-state index contributed by atoms with van der Waals surface area (Å²) >= 11 is 0. The van der Waals surface area contributed by atoms with E-state index in [0.29, 0.717) is 0 Å². The highest BCUT2D eigenvalue weighted by molar-refractivity contribution is 5.53. The van der Waals surface area contributed by atoms with Gasteiger partial charge in [0.25, 0.3) is 0 Å². The zero-order valence-electron chi connectivity index (χ0n) is 6.84. The quantitative estimate of drug-likeness (QED) is 0.423. The van der Waals surface area contributed by atoms with Gasteiger partial charge in [0.05, 0.1) is 0 Å². The average molecular weight is 140 g/mol. The second-order valence-electron chi connectivity index (χ2n) is 2.49. The van der Waals surface area contributed by atoms with Gasteiger partial charge in [-0.2, -0.15) is 0 Å². The monoisotopic (exact) mass is 140 g/mol. The van der Waals surface area contributed by atoms with Gasteiger partial charge in [-0.1, -0.05) is 25.5 Å². The van der Waals surface area contributed by atoms with Crippen LogP contribution in [0.15, 0.2) is 12.2 Å². The van der Waals surface area contributed by atoms with E-state index in [0.717, 1.165) is 25.5 Å². The number of allylic oxidation sites excluding steroid dienone is 2. The Morgan fingerprint density at radius 1 is 1.50 bits per heavy atom. The molecule has 0 amide bonds. The molecule has 0 aliphatic rings. The van der Waals surface area contributed by atoms with Gasteiger partial charge in [0.2, 0.25) is 0 Å². The Hall–Kier alpha value is -0.590. The molecule has 0 fully saturated rings. The van der Waals surface area contributed by atoms with Gasteiger partial charge in [0.15, 0.2) is 0 Å². The molecular weight excluding hydrogens is 124 g/mol. The van der Waals surface area contributed by atoms with Gasteiger partial charge in [0.1, 0.15) is 6.29 Å². The van der Waals surface area contributed by atoms with E-state index in [1.807, 2.05) is 13.0 Å². The van der Waals surface area contributed by atoms with Crippen molar-refractivity contribution in [3.63, 3.8) is 0 Å². The van der Waals surface area contributed by atoms with E-state index in [-0.39, 0.29) is 5.92 Å². The first-order chi connectivity index (χ1) is 4.85. The average Bonchev–Trinajstić information content (AvgIpc) is 1.98. The molecule has 0 spiro atoms. The molecule has 0 aromatic carbocycles. The molecule has 0 radical (unpaired) electrons. The zero-order valence-corrected chi connectivity index (χ0v) is 6.84. The minimum atomic E-state index is 0.251. The van der Waals surface area contributed by atoms with Crippen LogP contribution in [0.3, 0.4) is 0 Å². The molecule has 1 nitrogen and oxygen atoms in total. The first kappa shape index (κ1) is 9.41. The van der Waals surface area contributed by atoms with Crippen LogP contribution in [0.25, 0.3) is 0 Å². The summed E-state index contributed by atoms with van der Waals surface area (Å²) < 4.78 is 0. The standard InChI is InChI=1S/C9H16O/c1-3-5-7-9(8-10)6-4-2/h3,5,8-9H,4,6-7H2,1-2H3/b5-3+. The van der Waals surface area contributed by atoms with Gasteiger partial charge >= 0.3 is 0 Å². The lowest BCUT2D eigenvalue weighted by atomic mass is 10.0. The van der Waals surface area contributed by atoms with E-state index in [4.69, 9.17) is 0 Å². The van der Waals surface area contributed by atoms with Gasteiger partial charge < -0.3 is 4.79 Å². The number of aldehydes is 1. The van der Waals surface area contributed by atoms with Crippen molar-refractivity contribution >= 4 is 6.29 Å². The highest BCUT2D eigenvalue weighted by atomic mass is 16.1. The molecule has 58 valence electrons. The van der Waals surface area contributed by atoms with Crippen LogP contribution >= 0.6 is 0 Å². The summed E-state index contributed by atoms with van der Waals surface area (Å²) in [5, 5.41) is 0. The van der Waals surface area contributed by atoms with E-state index in [2.05, 4.69) is 13.0 Å². The third-order valence-electron chi connectivity index (χ3n) is 1.53. The van der Waals surface area contributed by atoms with Crippen LogP contribution in [0.2, 0.25) is 0 Å². The van der Waals surface area contributed by atoms with Crippen LogP contribution in [0.1, 0.15) is 33.1 Å². The SMILES string of the molecule is C/C=C/CC(C=O)CCC. The summed E-state index contributed by atoms with van der Waals surface area (Å²) in [6.07, 6.45) is 8.13. The molecule has 0 heterocycles. The topological polar surface area (TPSA) is 17.1 Å². The fraction of sp³-hybridized carbons (Fsp3) is 0.667. The van der Waals surface area contributed by atoms with Crippen LogP contribution in [0, 0.1) is 5.92 Å². The lowest BCUT2D eigenvalue weighted by molar-refractivity contribution is -0.111. The molecule has 0 N–H and O–H groups in total. The van der Waals surface area contributed by atoms with Gasteiger partial charge in [-0.25, -0.2) is 0 Å². The summed E-state index contributed by atoms with van der Waals surface area (Å²) in [5.41, 5.74) is 0. The molecule has 0 aromatic heterocycles. The van der Waals surface area contributed by atoms with Gasteiger partial charge in [-0.3, -0.25) is 0 Å². The first-order valence-electron chi connectivity index (χ1n) is 3.91. The van der Waals surface area contributed by atoms with Gasteiger partial charge in [0, 0.05) is 5.92 Å². The summed E-state index contributed by atoms with van der Waals surface area (Å²) in [7, 11) is 0. The molecule has 0 aliphatic carbocycles. The molecule has 10 heavy (non-hydrogen) atoms. The number of carbonyl (C=O) groups excluding carboxylic acids is 1. The molecule has 0 aromatic rings. The number of hydrogen-bond acceptors (Lipinski definition) is 1. The smallest absolute Gasteiger partial charge is 0.123 e. The molecule has 1 unspecified atom stereocenters. The third-order valence-corrected chi connectivity index (χ3v) is 1.53. The molecule has 0 bridgehead atoms. The third kappa shape index (κ3) is 4.30. The maximum atomic E-state index is 10.4. The van der Waals surface area contributed by atoms with E-state index < -0.39 is 0 Å². The molecular formula is C9H16O. The van der Waals surface area contributed by atoms with Crippen LogP contribution in [0.5, 0.6) is 0 Å². The first-order valence-corrected chi connectivity index (χ1v) is 3.91. The van der Waals surface area contributed by atoms with E-state index in [1.54, 1.807) is 0 Å². The number of rotatable bonds is 5. The largest absolute Gasteiger partial charge is 0.303 e. The summed E-state index contributed by atoms with van der Waals surface area (Å²) in [6.45, 7) is 4.08. The summed E-state index contributed by atoms with van der Waals surface area (Å²) in [5.74, 6) is 0.251. The highest BCUT2D eigenvalue weighted by Gasteiger charge is 2.01. The Kier molecular flexibility index (Phi) is 6.14.